The van der Waals surface area contributed by atoms with Gasteiger partial charge in [-0.15, -0.1) is 0 Å². The third-order valence-corrected chi connectivity index (χ3v) is 4.35. The second-order valence-electron chi connectivity index (χ2n) is 6.08. The number of aliphatic imine (C=N–C) groups is 1. The lowest BCUT2D eigenvalue weighted by Gasteiger charge is -2.39. The summed E-state index contributed by atoms with van der Waals surface area (Å²) in [5.74, 6) is 0.829. The number of halogens is 3. The summed E-state index contributed by atoms with van der Waals surface area (Å²) in [4.78, 5) is 4.46. The van der Waals surface area contributed by atoms with Crippen LogP contribution in [0, 0.1) is 5.92 Å². The van der Waals surface area contributed by atoms with Gasteiger partial charge >= 0.3 is 6.18 Å². The van der Waals surface area contributed by atoms with Crippen molar-refractivity contribution in [1.82, 2.24) is 10.0 Å². The van der Waals surface area contributed by atoms with Gasteiger partial charge in [-0.25, -0.2) is 4.99 Å². The third-order valence-electron chi connectivity index (χ3n) is 4.35. The first-order valence-electron chi connectivity index (χ1n) is 7.59. The van der Waals surface area contributed by atoms with Crippen LogP contribution in [0.2, 0.25) is 0 Å². The van der Waals surface area contributed by atoms with E-state index in [9.17, 15) is 13.2 Å². The first-order chi connectivity index (χ1) is 10.9. The van der Waals surface area contributed by atoms with E-state index in [4.69, 9.17) is 4.42 Å². The Hall–Kier alpha value is -2.02. The Morgan fingerprint density at radius 2 is 2.13 bits per heavy atom. The molecule has 2 aliphatic heterocycles. The van der Waals surface area contributed by atoms with Crippen LogP contribution in [0.4, 0.5) is 13.2 Å². The van der Waals surface area contributed by atoms with Crippen LogP contribution in [0.25, 0.3) is 0 Å². The van der Waals surface area contributed by atoms with E-state index < -0.39 is 12.2 Å². The molecule has 0 amide bonds. The molecule has 122 valence electrons. The van der Waals surface area contributed by atoms with Crippen LogP contribution in [-0.2, 0) is 0 Å². The predicted octanol–water partition coefficient (Wildman–Crippen LogP) is 3.70. The Labute approximate surface area is 131 Å². The molecule has 1 fully saturated rings. The smallest absolute Gasteiger partial charge is 0.406 e. The summed E-state index contributed by atoms with van der Waals surface area (Å²) in [6.45, 7) is 2.01. The Balaban J connectivity index is 1.65. The van der Waals surface area contributed by atoms with Crippen LogP contribution >= 0.6 is 0 Å². The Bertz CT molecular complexity index is 699. The summed E-state index contributed by atoms with van der Waals surface area (Å²) in [5.41, 5.74) is 1.34. The molecule has 4 nitrogen and oxygen atoms in total. The number of hydrazine groups is 1. The third kappa shape index (κ3) is 2.49. The first-order valence-corrected chi connectivity index (χ1v) is 7.59. The summed E-state index contributed by atoms with van der Waals surface area (Å²) in [5, 5.41) is 2.98. The number of furan rings is 1. The zero-order chi connectivity index (χ0) is 16.2. The zero-order valence-electron chi connectivity index (χ0n) is 12.5. The van der Waals surface area contributed by atoms with E-state index in [0.29, 0.717) is 35.8 Å². The number of hydrogen-bond donors (Lipinski definition) is 0. The van der Waals surface area contributed by atoms with Gasteiger partial charge in [-0.05, 0) is 50.0 Å². The number of hydrogen-bond acceptors (Lipinski definition) is 4. The average Bonchev–Trinajstić information content (AvgIpc) is 2.99. The first kappa shape index (κ1) is 14.6. The van der Waals surface area contributed by atoms with Gasteiger partial charge in [0.25, 0.3) is 0 Å². The normalized spacial score (nSPS) is 23.3. The molecular weight excluding hydrogens is 307 g/mol. The maximum Gasteiger partial charge on any atom is 0.406 e. The Morgan fingerprint density at radius 3 is 2.74 bits per heavy atom. The molecule has 0 radical (unpaired) electrons. The molecule has 4 rings (SSSR count). The van der Waals surface area contributed by atoms with Gasteiger partial charge in [-0.1, -0.05) is 0 Å². The largest absolute Gasteiger partial charge is 0.463 e. The van der Waals surface area contributed by atoms with Crippen molar-refractivity contribution in [2.45, 2.75) is 32.0 Å². The van der Waals surface area contributed by atoms with Crippen molar-refractivity contribution in [3.63, 3.8) is 0 Å². The molecule has 1 aromatic heterocycles. The molecule has 0 bridgehead atoms. The average molecular weight is 323 g/mol. The van der Waals surface area contributed by atoms with Crippen molar-refractivity contribution in [2.75, 3.05) is 6.54 Å². The molecule has 0 saturated heterocycles. The molecule has 23 heavy (non-hydrogen) atoms. The maximum absolute atomic E-state index is 13.5. The van der Waals surface area contributed by atoms with Gasteiger partial charge in [0.05, 0.1) is 6.26 Å². The maximum atomic E-state index is 13.5. The van der Waals surface area contributed by atoms with Crippen molar-refractivity contribution >= 4 is 5.71 Å². The van der Waals surface area contributed by atoms with Crippen molar-refractivity contribution in [3.8, 4) is 0 Å². The number of rotatable bonds is 3. The van der Waals surface area contributed by atoms with Gasteiger partial charge in [0.2, 0.25) is 0 Å². The fraction of sp³-hybridized carbons (Fsp3) is 0.438. The lowest BCUT2D eigenvalue weighted by atomic mass is 10.1. The highest BCUT2D eigenvalue weighted by Crippen LogP contribution is 2.46. The topological polar surface area (TPSA) is 32.0 Å². The van der Waals surface area contributed by atoms with Gasteiger partial charge < -0.3 is 4.42 Å². The number of alkyl halides is 3. The monoisotopic (exact) mass is 323 g/mol. The van der Waals surface area contributed by atoms with E-state index in [2.05, 4.69) is 4.99 Å². The van der Waals surface area contributed by atoms with Crippen LogP contribution in [0.1, 0.15) is 25.5 Å². The summed E-state index contributed by atoms with van der Waals surface area (Å²) in [6.07, 6.45) is 2.07. The molecule has 1 unspecified atom stereocenters. The van der Waals surface area contributed by atoms with Crippen LogP contribution in [-0.4, -0.2) is 34.5 Å². The predicted molar refractivity (Wildman–Crippen MR) is 78.2 cm³/mol. The SMILES string of the molecule is CC1=CC(c2ccco2)=NC2=CCN(C(C3CC3)C(F)(F)F)N12. The van der Waals surface area contributed by atoms with Gasteiger partial charge in [0, 0.05) is 12.2 Å². The van der Waals surface area contributed by atoms with Crippen molar-refractivity contribution in [3.05, 3.63) is 47.8 Å². The molecular formula is C16H16F3N3O. The Kier molecular flexibility index (Phi) is 3.16. The summed E-state index contributed by atoms with van der Waals surface area (Å²) < 4.78 is 45.8. The fourth-order valence-corrected chi connectivity index (χ4v) is 3.25. The summed E-state index contributed by atoms with van der Waals surface area (Å²) in [7, 11) is 0. The summed E-state index contributed by atoms with van der Waals surface area (Å²) >= 11 is 0. The molecule has 1 aliphatic carbocycles. The van der Waals surface area contributed by atoms with Crippen LogP contribution < -0.4 is 0 Å². The number of fused-ring (bicyclic) bond motifs is 1. The highest BCUT2D eigenvalue weighted by molar-refractivity contribution is 6.08. The highest BCUT2D eigenvalue weighted by Gasteiger charge is 2.54. The van der Waals surface area contributed by atoms with E-state index >= 15 is 0 Å². The van der Waals surface area contributed by atoms with Crippen molar-refractivity contribution < 1.29 is 17.6 Å². The van der Waals surface area contributed by atoms with Gasteiger partial charge in [-0.2, -0.15) is 18.2 Å². The van der Waals surface area contributed by atoms with Crippen molar-refractivity contribution in [1.29, 1.82) is 0 Å². The van der Waals surface area contributed by atoms with Gasteiger partial charge in [0.1, 0.15) is 17.6 Å². The summed E-state index contributed by atoms with van der Waals surface area (Å²) in [6, 6.07) is 2.10. The zero-order valence-corrected chi connectivity index (χ0v) is 12.5. The molecule has 1 saturated carbocycles. The lowest BCUT2D eigenvalue weighted by molar-refractivity contribution is -0.212. The minimum atomic E-state index is -4.24. The van der Waals surface area contributed by atoms with Crippen molar-refractivity contribution in [2.24, 2.45) is 10.9 Å². The lowest BCUT2D eigenvalue weighted by Crippen LogP contribution is -2.52. The standard InChI is InChI=1S/C16H16F3N3O/c1-10-9-12(13-3-2-8-23-13)20-14-6-7-21(22(10)14)15(11-4-5-11)16(17,18)19/h2-3,6,8-9,11,15H,4-5,7H2,1H3. The second-order valence-corrected chi connectivity index (χ2v) is 6.08. The van der Waals surface area contributed by atoms with Crippen LogP contribution in [0.15, 0.2) is 51.5 Å². The van der Waals surface area contributed by atoms with E-state index in [1.165, 1.54) is 5.01 Å². The Morgan fingerprint density at radius 1 is 1.35 bits per heavy atom. The van der Waals surface area contributed by atoms with E-state index in [1.807, 2.05) is 0 Å². The molecule has 1 aromatic rings. The highest BCUT2D eigenvalue weighted by atomic mass is 19.4. The molecule has 0 N–H and O–H groups in total. The van der Waals surface area contributed by atoms with Gasteiger partial charge in [0.15, 0.2) is 5.76 Å². The second kappa shape index (κ2) is 4.99. The quantitative estimate of drug-likeness (QED) is 0.850. The molecule has 1 atom stereocenters. The van der Waals surface area contributed by atoms with Crippen LogP contribution in [0.5, 0.6) is 0 Å². The minimum absolute atomic E-state index is 0.218. The molecule has 3 heterocycles. The molecule has 0 aromatic carbocycles. The van der Waals surface area contributed by atoms with E-state index in [-0.39, 0.29) is 12.5 Å². The number of allylic oxidation sites excluding steroid dienone is 2. The minimum Gasteiger partial charge on any atom is -0.463 e. The number of nitrogens with zero attached hydrogens (tertiary/aromatic N) is 3. The molecule has 7 heteroatoms. The fourth-order valence-electron chi connectivity index (χ4n) is 3.25. The van der Waals surface area contributed by atoms with Crippen LogP contribution in [0.3, 0.4) is 0 Å². The van der Waals surface area contributed by atoms with Gasteiger partial charge in [-0.3, -0.25) is 5.01 Å². The molecule has 3 aliphatic rings. The van der Waals surface area contributed by atoms with E-state index in [1.54, 1.807) is 42.5 Å². The molecule has 0 spiro atoms. The van der Waals surface area contributed by atoms with E-state index in [0.717, 1.165) is 0 Å².